The SMILES string of the molecule is CC(=O)N(C)C1CCN(CC(=O)NC2CCCC(C)C2C)CC1. The molecule has 23 heavy (non-hydrogen) atoms. The third-order valence-corrected chi connectivity index (χ3v) is 6.02. The molecular formula is C18H33N3O2. The van der Waals surface area contributed by atoms with Crippen molar-refractivity contribution in [2.24, 2.45) is 11.8 Å². The molecule has 1 saturated heterocycles. The predicted octanol–water partition coefficient (Wildman–Crippen LogP) is 1.87. The second-order valence-electron chi connectivity index (χ2n) is 7.58. The van der Waals surface area contributed by atoms with E-state index in [-0.39, 0.29) is 11.8 Å². The lowest BCUT2D eigenvalue weighted by molar-refractivity contribution is -0.131. The zero-order valence-corrected chi connectivity index (χ0v) is 15.2. The van der Waals surface area contributed by atoms with Crippen molar-refractivity contribution >= 4 is 11.8 Å². The van der Waals surface area contributed by atoms with Crippen molar-refractivity contribution in [3.63, 3.8) is 0 Å². The molecule has 3 atom stereocenters. The van der Waals surface area contributed by atoms with Crippen LogP contribution >= 0.6 is 0 Å². The Morgan fingerprint density at radius 3 is 2.39 bits per heavy atom. The number of carbonyl (C=O) groups excluding carboxylic acids is 2. The van der Waals surface area contributed by atoms with Gasteiger partial charge in [-0.2, -0.15) is 0 Å². The normalized spacial score (nSPS) is 30.0. The highest BCUT2D eigenvalue weighted by molar-refractivity contribution is 5.78. The van der Waals surface area contributed by atoms with E-state index in [1.54, 1.807) is 6.92 Å². The van der Waals surface area contributed by atoms with Crippen molar-refractivity contribution in [2.75, 3.05) is 26.7 Å². The first-order valence-corrected chi connectivity index (χ1v) is 9.13. The first-order chi connectivity index (χ1) is 10.9. The van der Waals surface area contributed by atoms with Gasteiger partial charge >= 0.3 is 0 Å². The minimum Gasteiger partial charge on any atom is -0.352 e. The topological polar surface area (TPSA) is 52.7 Å². The van der Waals surface area contributed by atoms with E-state index in [9.17, 15) is 9.59 Å². The van der Waals surface area contributed by atoms with Crippen molar-refractivity contribution in [1.82, 2.24) is 15.1 Å². The average Bonchev–Trinajstić information content (AvgIpc) is 2.52. The maximum atomic E-state index is 12.3. The molecular weight excluding hydrogens is 290 g/mol. The third-order valence-electron chi connectivity index (χ3n) is 6.02. The summed E-state index contributed by atoms with van der Waals surface area (Å²) >= 11 is 0. The molecule has 0 bridgehead atoms. The van der Waals surface area contributed by atoms with E-state index in [1.165, 1.54) is 12.8 Å². The molecule has 5 heteroatoms. The molecule has 0 aromatic rings. The van der Waals surface area contributed by atoms with Gasteiger partial charge in [0.15, 0.2) is 0 Å². The van der Waals surface area contributed by atoms with Gasteiger partial charge in [-0.15, -0.1) is 0 Å². The summed E-state index contributed by atoms with van der Waals surface area (Å²) in [6.07, 6.45) is 5.53. The van der Waals surface area contributed by atoms with Crippen molar-refractivity contribution in [3.8, 4) is 0 Å². The number of amides is 2. The highest BCUT2D eigenvalue weighted by Gasteiger charge is 2.29. The smallest absolute Gasteiger partial charge is 0.234 e. The van der Waals surface area contributed by atoms with E-state index in [0.717, 1.165) is 32.4 Å². The number of nitrogens with zero attached hydrogens (tertiary/aromatic N) is 2. The molecule has 2 amide bonds. The molecule has 0 radical (unpaired) electrons. The summed E-state index contributed by atoms with van der Waals surface area (Å²) in [6.45, 7) is 8.45. The zero-order valence-electron chi connectivity index (χ0n) is 15.2. The second-order valence-corrected chi connectivity index (χ2v) is 7.58. The van der Waals surface area contributed by atoms with Gasteiger partial charge in [0, 0.05) is 39.1 Å². The van der Waals surface area contributed by atoms with E-state index in [1.807, 2.05) is 11.9 Å². The molecule has 1 aliphatic heterocycles. The van der Waals surface area contributed by atoms with E-state index in [2.05, 4.69) is 24.1 Å². The number of piperidine rings is 1. The molecule has 2 rings (SSSR count). The van der Waals surface area contributed by atoms with Crippen LogP contribution in [0.3, 0.4) is 0 Å². The first-order valence-electron chi connectivity index (χ1n) is 9.13. The van der Waals surface area contributed by atoms with Gasteiger partial charge in [0.2, 0.25) is 11.8 Å². The summed E-state index contributed by atoms with van der Waals surface area (Å²) < 4.78 is 0. The minimum absolute atomic E-state index is 0.126. The summed E-state index contributed by atoms with van der Waals surface area (Å²) in [7, 11) is 1.88. The van der Waals surface area contributed by atoms with Gasteiger partial charge < -0.3 is 10.2 Å². The molecule has 2 fully saturated rings. The highest BCUT2D eigenvalue weighted by atomic mass is 16.2. The number of nitrogens with one attached hydrogen (secondary N) is 1. The molecule has 1 aliphatic carbocycles. The molecule has 3 unspecified atom stereocenters. The largest absolute Gasteiger partial charge is 0.352 e. The van der Waals surface area contributed by atoms with E-state index in [0.29, 0.717) is 30.5 Å². The zero-order chi connectivity index (χ0) is 17.0. The lowest BCUT2D eigenvalue weighted by Gasteiger charge is -2.37. The lowest BCUT2D eigenvalue weighted by atomic mass is 9.78. The number of hydrogen-bond acceptors (Lipinski definition) is 3. The predicted molar refractivity (Wildman–Crippen MR) is 92.0 cm³/mol. The van der Waals surface area contributed by atoms with Crippen LogP contribution in [0.5, 0.6) is 0 Å². The van der Waals surface area contributed by atoms with Gasteiger partial charge in [0.05, 0.1) is 6.54 Å². The molecule has 1 N–H and O–H groups in total. The molecule has 132 valence electrons. The lowest BCUT2D eigenvalue weighted by Crippen LogP contribution is -2.50. The van der Waals surface area contributed by atoms with Crippen LogP contribution in [-0.2, 0) is 9.59 Å². The van der Waals surface area contributed by atoms with Crippen molar-refractivity contribution in [2.45, 2.75) is 65.0 Å². The summed E-state index contributed by atoms with van der Waals surface area (Å²) in [5.41, 5.74) is 0. The minimum atomic E-state index is 0.126. The summed E-state index contributed by atoms with van der Waals surface area (Å²) in [5, 5.41) is 3.25. The quantitative estimate of drug-likeness (QED) is 0.859. The molecule has 2 aliphatic rings. The number of carbonyl (C=O) groups is 2. The maximum absolute atomic E-state index is 12.3. The average molecular weight is 323 g/mol. The maximum Gasteiger partial charge on any atom is 0.234 e. The Labute approximate surface area is 140 Å². The summed E-state index contributed by atoms with van der Waals surface area (Å²) in [4.78, 5) is 27.8. The monoisotopic (exact) mass is 323 g/mol. The Hall–Kier alpha value is -1.10. The molecule has 0 spiro atoms. The second kappa shape index (κ2) is 8.13. The molecule has 1 heterocycles. The number of rotatable bonds is 4. The fraction of sp³-hybridized carbons (Fsp3) is 0.889. The van der Waals surface area contributed by atoms with Gasteiger partial charge in [0.1, 0.15) is 0 Å². The van der Waals surface area contributed by atoms with E-state index < -0.39 is 0 Å². The number of hydrogen-bond donors (Lipinski definition) is 1. The Morgan fingerprint density at radius 2 is 1.78 bits per heavy atom. The Morgan fingerprint density at radius 1 is 1.13 bits per heavy atom. The first kappa shape index (κ1) is 18.2. The standard InChI is InChI=1S/C18H33N3O2/c1-13-6-5-7-17(14(13)2)19-18(23)12-21-10-8-16(9-11-21)20(4)15(3)22/h13-14,16-17H,5-12H2,1-4H3,(H,19,23). The van der Waals surface area contributed by atoms with Gasteiger partial charge in [-0.3, -0.25) is 14.5 Å². The summed E-state index contributed by atoms with van der Waals surface area (Å²) in [6, 6.07) is 0.665. The van der Waals surface area contributed by atoms with Crippen LogP contribution < -0.4 is 5.32 Å². The molecule has 5 nitrogen and oxygen atoms in total. The van der Waals surface area contributed by atoms with Crippen LogP contribution in [0, 0.1) is 11.8 Å². The third kappa shape index (κ3) is 4.93. The van der Waals surface area contributed by atoms with Crippen LogP contribution in [0.15, 0.2) is 0 Å². The van der Waals surface area contributed by atoms with Crippen LogP contribution in [0.4, 0.5) is 0 Å². The Bertz CT molecular complexity index is 418. The van der Waals surface area contributed by atoms with Crippen molar-refractivity contribution in [3.05, 3.63) is 0 Å². The van der Waals surface area contributed by atoms with Gasteiger partial charge in [0.25, 0.3) is 0 Å². The molecule has 0 aromatic carbocycles. The number of likely N-dealkylation sites (tertiary alicyclic amines) is 1. The van der Waals surface area contributed by atoms with Crippen LogP contribution in [0.25, 0.3) is 0 Å². The van der Waals surface area contributed by atoms with Gasteiger partial charge in [-0.1, -0.05) is 26.7 Å². The van der Waals surface area contributed by atoms with Crippen LogP contribution in [0.2, 0.25) is 0 Å². The van der Waals surface area contributed by atoms with Crippen LogP contribution in [0.1, 0.15) is 52.9 Å². The Kier molecular flexibility index (Phi) is 6.45. The van der Waals surface area contributed by atoms with Gasteiger partial charge in [-0.25, -0.2) is 0 Å². The fourth-order valence-corrected chi connectivity index (χ4v) is 3.96. The van der Waals surface area contributed by atoms with Crippen molar-refractivity contribution in [1.29, 1.82) is 0 Å². The van der Waals surface area contributed by atoms with Gasteiger partial charge in [-0.05, 0) is 31.1 Å². The Balaban J connectivity index is 1.73. The van der Waals surface area contributed by atoms with E-state index in [4.69, 9.17) is 0 Å². The fourth-order valence-electron chi connectivity index (χ4n) is 3.96. The molecule has 1 saturated carbocycles. The van der Waals surface area contributed by atoms with Crippen LogP contribution in [-0.4, -0.2) is 60.4 Å². The molecule has 0 aromatic heterocycles. The van der Waals surface area contributed by atoms with E-state index >= 15 is 0 Å². The van der Waals surface area contributed by atoms with Crippen molar-refractivity contribution < 1.29 is 9.59 Å². The summed E-state index contributed by atoms with van der Waals surface area (Å²) in [5.74, 6) is 1.56. The highest BCUT2D eigenvalue weighted by Crippen LogP contribution is 2.29.